The summed E-state index contributed by atoms with van der Waals surface area (Å²) in [6.45, 7) is 3.55. The molecule has 0 saturated carbocycles. The number of benzene rings is 2. The van der Waals surface area contributed by atoms with Crippen molar-refractivity contribution in [3.8, 4) is 0 Å². The quantitative estimate of drug-likeness (QED) is 0.449. The largest absolute Gasteiger partial charge is 0.354 e. The number of para-hydroxylation sites is 2. The summed E-state index contributed by atoms with van der Waals surface area (Å²) < 4.78 is 0.874. The van der Waals surface area contributed by atoms with Gasteiger partial charge in [0.05, 0.1) is 11.4 Å². The van der Waals surface area contributed by atoms with Crippen molar-refractivity contribution in [3.63, 3.8) is 0 Å². The van der Waals surface area contributed by atoms with Crippen LogP contribution in [0.3, 0.4) is 0 Å². The molecule has 5 nitrogen and oxygen atoms in total. The Morgan fingerprint density at radius 1 is 0.909 bits per heavy atom. The van der Waals surface area contributed by atoms with Gasteiger partial charge in [-0.2, -0.15) is 0 Å². The van der Waals surface area contributed by atoms with Crippen LogP contribution in [-0.4, -0.2) is 52.0 Å². The first-order chi connectivity index (χ1) is 16.2. The van der Waals surface area contributed by atoms with Gasteiger partial charge in [-0.25, -0.2) is 4.98 Å². The van der Waals surface area contributed by atoms with Gasteiger partial charge in [-0.05, 0) is 36.4 Å². The van der Waals surface area contributed by atoms with Crippen LogP contribution in [0.4, 0.5) is 17.2 Å². The summed E-state index contributed by atoms with van der Waals surface area (Å²) in [5.74, 6) is 1.79. The topological polar surface area (TPSA) is 39.7 Å². The van der Waals surface area contributed by atoms with Crippen molar-refractivity contribution < 1.29 is 4.79 Å². The van der Waals surface area contributed by atoms with Gasteiger partial charge >= 0.3 is 0 Å². The van der Waals surface area contributed by atoms with E-state index in [0.717, 1.165) is 57.5 Å². The highest BCUT2D eigenvalue weighted by Gasteiger charge is 2.28. The van der Waals surface area contributed by atoms with Crippen LogP contribution in [0.2, 0.25) is 0 Å². The van der Waals surface area contributed by atoms with Crippen molar-refractivity contribution in [1.29, 1.82) is 0 Å². The van der Waals surface area contributed by atoms with Crippen LogP contribution in [0.25, 0.3) is 0 Å². The normalized spacial score (nSPS) is 15.1. The van der Waals surface area contributed by atoms with E-state index < -0.39 is 0 Å². The Morgan fingerprint density at radius 2 is 1.55 bits per heavy atom. The smallest absolute Gasteiger partial charge is 0.232 e. The minimum absolute atomic E-state index is 0.102. The maximum atomic E-state index is 13.3. The Kier molecular flexibility index (Phi) is 6.85. The van der Waals surface area contributed by atoms with Crippen molar-refractivity contribution >= 4 is 63.2 Å². The number of anilines is 3. The summed E-state index contributed by atoms with van der Waals surface area (Å²) in [4.78, 5) is 26.4. The molecule has 168 valence electrons. The van der Waals surface area contributed by atoms with Crippen LogP contribution in [0, 0.1) is 0 Å². The average molecular weight is 493 g/mol. The number of aromatic nitrogens is 1. The van der Waals surface area contributed by atoms with Crippen LogP contribution >= 0.6 is 35.7 Å². The highest BCUT2D eigenvalue weighted by Crippen LogP contribution is 2.48. The predicted molar refractivity (Wildman–Crippen MR) is 142 cm³/mol. The highest BCUT2D eigenvalue weighted by atomic mass is 32.2. The zero-order valence-electron chi connectivity index (χ0n) is 18.1. The molecule has 3 heterocycles. The van der Waals surface area contributed by atoms with Crippen molar-refractivity contribution in [2.75, 3.05) is 41.7 Å². The number of carbonyl (C=O) groups excluding carboxylic acids is 1. The zero-order valence-corrected chi connectivity index (χ0v) is 20.5. The molecule has 1 saturated heterocycles. The second-order valence-electron chi connectivity index (χ2n) is 7.79. The number of thioether (sulfide) groups is 1. The molecule has 0 radical (unpaired) electrons. The Labute approximate surface area is 208 Å². The first-order valence-corrected chi connectivity index (χ1v) is 13.2. The van der Waals surface area contributed by atoms with E-state index in [4.69, 9.17) is 12.2 Å². The van der Waals surface area contributed by atoms with E-state index in [1.54, 1.807) is 23.5 Å². The molecule has 0 N–H and O–H groups in total. The summed E-state index contributed by atoms with van der Waals surface area (Å²) >= 11 is 9.01. The monoisotopic (exact) mass is 492 g/mol. The van der Waals surface area contributed by atoms with E-state index in [1.807, 2.05) is 65.7 Å². The minimum Gasteiger partial charge on any atom is -0.354 e. The molecule has 0 bridgehead atoms. The highest BCUT2D eigenvalue weighted by molar-refractivity contribution is 8.22. The summed E-state index contributed by atoms with van der Waals surface area (Å²) in [7, 11) is 0. The maximum absolute atomic E-state index is 13.3. The first kappa shape index (κ1) is 22.3. The van der Waals surface area contributed by atoms with Gasteiger partial charge < -0.3 is 9.80 Å². The van der Waals surface area contributed by atoms with E-state index in [0.29, 0.717) is 12.2 Å². The third-order valence-electron chi connectivity index (χ3n) is 5.73. The van der Waals surface area contributed by atoms with Gasteiger partial charge in [0.25, 0.3) is 0 Å². The lowest BCUT2D eigenvalue weighted by molar-refractivity contribution is -0.117. The van der Waals surface area contributed by atoms with E-state index in [-0.39, 0.29) is 5.91 Å². The number of amides is 1. The van der Waals surface area contributed by atoms with E-state index in [1.165, 1.54) is 0 Å². The number of rotatable bonds is 4. The van der Waals surface area contributed by atoms with Gasteiger partial charge in [0, 0.05) is 54.3 Å². The Bertz CT molecular complexity index is 1100. The molecule has 2 aliphatic rings. The zero-order chi connectivity index (χ0) is 22.6. The van der Waals surface area contributed by atoms with Gasteiger partial charge in [-0.3, -0.25) is 9.69 Å². The Morgan fingerprint density at radius 3 is 2.18 bits per heavy atom. The molecule has 1 amide bonds. The third-order valence-corrected chi connectivity index (χ3v) is 8.39. The first-order valence-electron chi connectivity index (χ1n) is 11.0. The van der Waals surface area contributed by atoms with Crippen molar-refractivity contribution in [2.24, 2.45) is 0 Å². The molecule has 3 aromatic rings. The van der Waals surface area contributed by atoms with Crippen LogP contribution < -0.4 is 9.80 Å². The Hall–Kier alpha value is -2.55. The van der Waals surface area contributed by atoms with E-state index in [2.05, 4.69) is 26.9 Å². The van der Waals surface area contributed by atoms with Gasteiger partial charge in [-0.1, -0.05) is 66.1 Å². The standard InChI is InChI=1S/C25H24N4OS3/c30-24(29-19-7-1-3-9-21(19)33-22-10-4-2-8-20(22)29)12-18-32-25(31)28-16-14-27(15-17-28)23-11-5-6-13-26-23/h1-11,13H,12,14-18H2. The van der Waals surface area contributed by atoms with E-state index in [9.17, 15) is 4.79 Å². The molecule has 0 aliphatic carbocycles. The van der Waals surface area contributed by atoms with Crippen LogP contribution in [0.1, 0.15) is 6.42 Å². The van der Waals surface area contributed by atoms with Crippen LogP contribution in [-0.2, 0) is 4.79 Å². The van der Waals surface area contributed by atoms with Gasteiger partial charge in [-0.15, -0.1) is 0 Å². The number of hydrogen-bond donors (Lipinski definition) is 0. The fraction of sp³-hybridized carbons (Fsp3) is 0.240. The van der Waals surface area contributed by atoms with Crippen molar-refractivity contribution in [3.05, 3.63) is 72.9 Å². The second kappa shape index (κ2) is 10.2. The molecule has 0 spiro atoms. The van der Waals surface area contributed by atoms with Gasteiger partial charge in [0.1, 0.15) is 10.1 Å². The molecule has 1 fully saturated rings. The number of carbonyl (C=O) groups is 1. The minimum atomic E-state index is 0.102. The number of pyridine rings is 1. The SMILES string of the molecule is O=C(CCSC(=S)N1CCN(c2ccccn2)CC1)N1c2ccccc2Sc2ccccc21. The fourth-order valence-corrected chi connectivity index (χ4v) is 6.37. The molecular weight excluding hydrogens is 469 g/mol. The lowest BCUT2D eigenvalue weighted by Crippen LogP contribution is -2.48. The van der Waals surface area contributed by atoms with Gasteiger partial charge in [0.2, 0.25) is 5.91 Å². The number of piperazine rings is 1. The van der Waals surface area contributed by atoms with Crippen molar-refractivity contribution in [1.82, 2.24) is 9.88 Å². The van der Waals surface area contributed by atoms with Crippen molar-refractivity contribution in [2.45, 2.75) is 16.2 Å². The predicted octanol–water partition coefficient (Wildman–Crippen LogP) is 5.44. The van der Waals surface area contributed by atoms with E-state index >= 15 is 0 Å². The molecule has 8 heteroatoms. The second-order valence-corrected chi connectivity index (χ2v) is 10.6. The van der Waals surface area contributed by atoms with Gasteiger partial charge in [0.15, 0.2) is 0 Å². The molecule has 2 aromatic carbocycles. The Balaban J connectivity index is 1.17. The molecule has 5 rings (SSSR count). The summed E-state index contributed by atoms with van der Waals surface area (Å²) in [5.41, 5.74) is 1.92. The lowest BCUT2D eigenvalue weighted by Gasteiger charge is -2.36. The number of hydrogen-bond acceptors (Lipinski definition) is 6. The number of nitrogens with zero attached hydrogens (tertiary/aromatic N) is 4. The molecule has 0 atom stereocenters. The summed E-state index contributed by atoms with van der Waals surface area (Å²) in [5, 5.41) is 0. The summed E-state index contributed by atoms with van der Waals surface area (Å²) in [6, 6.07) is 22.2. The van der Waals surface area contributed by atoms with Crippen LogP contribution in [0.15, 0.2) is 82.7 Å². The molecule has 33 heavy (non-hydrogen) atoms. The third kappa shape index (κ3) is 4.88. The number of thiocarbonyl (C=S) groups is 1. The molecular formula is C25H24N4OS3. The average Bonchev–Trinajstić information content (AvgIpc) is 2.87. The maximum Gasteiger partial charge on any atom is 0.232 e. The molecule has 2 aliphatic heterocycles. The lowest BCUT2D eigenvalue weighted by atomic mass is 10.2. The van der Waals surface area contributed by atoms with Crippen LogP contribution in [0.5, 0.6) is 0 Å². The summed E-state index contributed by atoms with van der Waals surface area (Å²) in [6.07, 6.45) is 2.27. The molecule has 0 unspecified atom stereocenters. The fourth-order valence-electron chi connectivity index (χ4n) is 4.06. The molecule has 1 aromatic heterocycles. The number of fused-ring (bicyclic) bond motifs is 2.